The fourth-order valence-electron chi connectivity index (χ4n) is 1.54. The van der Waals surface area contributed by atoms with Gasteiger partial charge in [0.15, 0.2) is 0 Å². The summed E-state index contributed by atoms with van der Waals surface area (Å²) in [7, 11) is -1.12. The van der Waals surface area contributed by atoms with Crippen molar-refractivity contribution >= 4 is 15.7 Å². The Morgan fingerprint density at radius 2 is 1.94 bits per heavy atom. The number of primary amides is 1. The van der Waals surface area contributed by atoms with E-state index in [2.05, 4.69) is 5.32 Å². The van der Waals surface area contributed by atoms with Crippen LogP contribution in [0.3, 0.4) is 0 Å². The summed E-state index contributed by atoms with van der Waals surface area (Å²) >= 11 is 0. The number of carbonyl (C=O) groups is 1. The molecule has 108 valence electrons. The Hall–Kier alpha value is -0.660. The van der Waals surface area contributed by atoms with Crippen LogP contribution in [-0.2, 0) is 14.6 Å². The average molecular weight is 279 g/mol. The lowest BCUT2D eigenvalue weighted by Gasteiger charge is -2.29. The van der Waals surface area contributed by atoms with Gasteiger partial charge in [0.1, 0.15) is 9.84 Å². The van der Waals surface area contributed by atoms with Crippen LogP contribution in [0, 0.1) is 0 Å². The number of sulfone groups is 1. The molecule has 0 bridgehead atoms. The highest BCUT2D eigenvalue weighted by Crippen LogP contribution is 2.09. The van der Waals surface area contributed by atoms with Crippen molar-refractivity contribution in [3.8, 4) is 0 Å². The number of nitrogens with one attached hydrogen (secondary N) is 1. The van der Waals surface area contributed by atoms with Gasteiger partial charge in [0.25, 0.3) is 0 Å². The Bertz CT molecular complexity index is 370. The average Bonchev–Trinajstić information content (AvgIpc) is 2.22. The van der Waals surface area contributed by atoms with Gasteiger partial charge in [0, 0.05) is 19.3 Å². The van der Waals surface area contributed by atoms with Crippen LogP contribution in [-0.4, -0.2) is 63.5 Å². The standard InChI is InChI=1S/C11H25N3O3S/c1-5-13-11(2,10(12)15)6-7-14(3)8-9-18(4,16)17/h13H,5-9H2,1-4H3,(H2,12,15). The van der Waals surface area contributed by atoms with Crippen LogP contribution >= 0.6 is 0 Å². The second-order valence-electron chi connectivity index (χ2n) is 4.91. The second-order valence-corrected chi connectivity index (χ2v) is 7.17. The minimum absolute atomic E-state index is 0.123. The Balaban J connectivity index is 4.24. The van der Waals surface area contributed by atoms with E-state index < -0.39 is 15.4 Å². The van der Waals surface area contributed by atoms with E-state index in [4.69, 9.17) is 5.73 Å². The van der Waals surface area contributed by atoms with Gasteiger partial charge in [0.05, 0.1) is 11.3 Å². The summed E-state index contributed by atoms with van der Waals surface area (Å²) in [4.78, 5) is 13.3. The number of nitrogens with zero attached hydrogens (tertiary/aromatic N) is 1. The van der Waals surface area contributed by atoms with Crippen molar-refractivity contribution in [2.75, 3.05) is 38.7 Å². The van der Waals surface area contributed by atoms with Gasteiger partial charge in [-0.05, 0) is 26.9 Å². The molecule has 1 amide bonds. The van der Waals surface area contributed by atoms with Gasteiger partial charge < -0.3 is 16.0 Å². The van der Waals surface area contributed by atoms with Crippen LogP contribution < -0.4 is 11.1 Å². The molecule has 0 spiro atoms. The monoisotopic (exact) mass is 279 g/mol. The van der Waals surface area contributed by atoms with Crippen molar-refractivity contribution in [3.63, 3.8) is 0 Å². The van der Waals surface area contributed by atoms with Gasteiger partial charge in [-0.15, -0.1) is 0 Å². The third kappa shape index (κ3) is 6.93. The highest BCUT2D eigenvalue weighted by Gasteiger charge is 2.29. The number of likely N-dealkylation sites (N-methyl/N-ethyl adjacent to an activating group) is 1. The Labute approximate surface area is 110 Å². The van der Waals surface area contributed by atoms with Crippen LogP contribution in [0.4, 0.5) is 0 Å². The van der Waals surface area contributed by atoms with Crippen molar-refractivity contribution < 1.29 is 13.2 Å². The quantitative estimate of drug-likeness (QED) is 0.577. The molecule has 0 aliphatic carbocycles. The van der Waals surface area contributed by atoms with Crippen LogP contribution in [0.25, 0.3) is 0 Å². The zero-order chi connectivity index (χ0) is 14.4. The summed E-state index contributed by atoms with van der Waals surface area (Å²) in [6, 6.07) is 0. The van der Waals surface area contributed by atoms with Crippen LogP contribution in [0.5, 0.6) is 0 Å². The largest absolute Gasteiger partial charge is 0.368 e. The molecule has 0 rings (SSSR count). The lowest BCUT2D eigenvalue weighted by molar-refractivity contribution is -0.124. The molecule has 0 fully saturated rings. The van der Waals surface area contributed by atoms with Gasteiger partial charge in [-0.1, -0.05) is 6.92 Å². The molecule has 6 nitrogen and oxygen atoms in total. The maximum absolute atomic E-state index is 11.4. The van der Waals surface area contributed by atoms with Crippen LogP contribution in [0.1, 0.15) is 20.3 Å². The van der Waals surface area contributed by atoms with Gasteiger partial charge in [-0.2, -0.15) is 0 Å². The number of rotatable bonds is 9. The van der Waals surface area contributed by atoms with Crippen molar-refractivity contribution in [1.29, 1.82) is 0 Å². The molecule has 0 aromatic carbocycles. The molecule has 0 radical (unpaired) electrons. The first kappa shape index (κ1) is 17.3. The molecule has 0 heterocycles. The van der Waals surface area contributed by atoms with Crippen molar-refractivity contribution in [3.05, 3.63) is 0 Å². The Morgan fingerprint density at radius 3 is 2.33 bits per heavy atom. The molecule has 1 atom stereocenters. The lowest BCUT2D eigenvalue weighted by atomic mass is 9.96. The number of amides is 1. The second kappa shape index (κ2) is 7.06. The zero-order valence-corrected chi connectivity index (χ0v) is 12.5. The maximum Gasteiger partial charge on any atom is 0.237 e. The molecule has 3 N–H and O–H groups in total. The molecule has 0 aliphatic rings. The van der Waals surface area contributed by atoms with Crippen LogP contribution in [0.2, 0.25) is 0 Å². The highest BCUT2D eigenvalue weighted by atomic mass is 32.2. The first-order valence-electron chi connectivity index (χ1n) is 6.02. The Morgan fingerprint density at radius 1 is 1.39 bits per heavy atom. The molecule has 0 saturated heterocycles. The minimum atomic E-state index is -2.95. The van der Waals surface area contributed by atoms with E-state index in [0.29, 0.717) is 26.1 Å². The van der Waals surface area contributed by atoms with Gasteiger partial charge in [-0.3, -0.25) is 4.79 Å². The first-order valence-corrected chi connectivity index (χ1v) is 8.08. The molecule has 0 aromatic heterocycles. The normalized spacial score (nSPS) is 15.6. The highest BCUT2D eigenvalue weighted by molar-refractivity contribution is 7.90. The molecule has 0 saturated carbocycles. The fraction of sp³-hybridized carbons (Fsp3) is 0.909. The number of hydrogen-bond acceptors (Lipinski definition) is 5. The predicted molar refractivity (Wildman–Crippen MR) is 73.1 cm³/mol. The Kier molecular flexibility index (Phi) is 6.80. The smallest absolute Gasteiger partial charge is 0.237 e. The number of nitrogens with two attached hydrogens (primary N) is 1. The van der Waals surface area contributed by atoms with E-state index in [1.54, 1.807) is 6.92 Å². The van der Waals surface area contributed by atoms with Gasteiger partial charge in [-0.25, -0.2) is 8.42 Å². The predicted octanol–water partition coefficient (Wildman–Crippen LogP) is -0.794. The maximum atomic E-state index is 11.4. The van der Waals surface area contributed by atoms with Crippen molar-refractivity contribution in [1.82, 2.24) is 10.2 Å². The molecule has 1 unspecified atom stereocenters. The summed E-state index contributed by atoms with van der Waals surface area (Å²) < 4.78 is 22.1. The first-order chi connectivity index (χ1) is 8.10. The summed E-state index contributed by atoms with van der Waals surface area (Å²) in [5.74, 6) is -0.265. The topological polar surface area (TPSA) is 92.5 Å². The molecule has 18 heavy (non-hydrogen) atoms. The molecular formula is C11H25N3O3S. The summed E-state index contributed by atoms with van der Waals surface area (Å²) in [6.45, 7) is 5.41. The zero-order valence-electron chi connectivity index (χ0n) is 11.7. The van der Waals surface area contributed by atoms with E-state index in [1.807, 2.05) is 18.9 Å². The lowest BCUT2D eigenvalue weighted by Crippen LogP contribution is -2.54. The molecular weight excluding hydrogens is 254 g/mol. The third-order valence-corrected chi connectivity index (χ3v) is 3.87. The van der Waals surface area contributed by atoms with Crippen molar-refractivity contribution in [2.24, 2.45) is 5.73 Å². The van der Waals surface area contributed by atoms with E-state index in [1.165, 1.54) is 6.26 Å². The van der Waals surface area contributed by atoms with E-state index in [0.717, 1.165) is 0 Å². The van der Waals surface area contributed by atoms with Gasteiger partial charge >= 0.3 is 0 Å². The third-order valence-electron chi connectivity index (χ3n) is 2.95. The summed E-state index contributed by atoms with van der Waals surface area (Å²) in [6.07, 6.45) is 1.77. The SMILES string of the molecule is CCNC(C)(CCN(C)CCS(C)(=O)=O)C(N)=O. The van der Waals surface area contributed by atoms with Crippen molar-refractivity contribution in [2.45, 2.75) is 25.8 Å². The minimum Gasteiger partial charge on any atom is -0.368 e. The summed E-state index contributed by atoms with van der Waals surface area (Å²) in [5.41, 5.74) is 4.63. The number of carbonyl (C=O) groups excluding carboxylic acids is 1. The molecule has 0 aliphatic heterocycles. The van der Waals surface area contributed by atoms with Gasteiger partial charge in [0.2, 0.25) is 5.91 Å². The summed E-state index contributed by atoms with van der Waals surface area (Å²) in [5, 5.41) is 3.07. The van der Waals surface area contributed by atoms with Crippen LogP contribution in [0.15, 0.2) is 0 Å². The fourth-order valence-corrected chi connectivity index (χ4v) is 2.18. The molecule has 0 aromatic rings. The number of hydrogen-bond donors (Lipinski definition) is 2. The van der Waals surface area contributed by atoms with E-state index >= 15 is 0 Å². The van der Waals surface area contributed by atoms with E-state index in [9.17, 15) is 13.2 Å². The molecule has 7 heteroatoms. The van der Waals surface area contributed by atoms with E-state index in [-0.39, 0.29) is 11.7 Å².